The van der Waals surface area contributed by atoms with Crippen LogP contribution >= 0.6 is 0 Å². The number of hydrogen-bond donors (Lipinski definition) is 2. The number of esters is 1. The van der Waals surface area contributed by atoms with Crippen molar-refractivity contribution in [3.8, 4) is 0 Å². The Morgan fingerprint density at radius 2 is 1.67 bits per heavy atom. The summed E-state index contributed by atoms with van der Waals surface area (Å²) in [5.41, 5.74) is 3.07. The smallest absolute Gasteiger partial charge is 0.338 e. The van der Waals surface area contributed by atoms with Crippen molar-refractivity contribution in [2.75, 3.05) is 6.61 Å². The molecule has 3 aromatic rings. The van der Waals surface area contributed by atoms with Gasteiger partial charge < -0.3 is 4.74 Å². The molecule has 3 rings (SSSR count). The van der Waals surface area contributed by atoms with Gasteiger partial charge in [0.2, 0.25) is 0 Å². The van der Waals surface area contributed by atoms with Crippen LogP contribution in [-0.2, 0) is 11.3 Å². The van der Waals surface area contributed by atoms with Gasteiger partial charge in [-0.3, -0.25) is 35.3 Å². The molecule has 2 N–H and O–H groups in total. The third-order valence-corrected chi connectivity index (χ3v) is 5.25. The lowest BCUT2D eigenvalue weighted by atomic mass is 10.1. The Balaban J connectivity index is 1.87. The summed E-state index contributed by atoms with van der Waals surface area (Å²) >= 11 is 0. The highest BCUT2D eigenvalue weighted by Gasteiger charge is 2.21. The summed E-state index contributed by atoms with van der Waals surface area (Å²) < 4.78 is 6.07. The van der Waals surface area contributed by atoms with Crippen LogP contribution in [0.3, 0.4) is 0 Å². The number of unbranched alkanes of at least 4 members (excludes halogenated alkanes) is 2. The van der Waals surface area contributed by atoms with Gasteiger partial charge in [0.15, 0.2) is 5.69 Å². The summed E-state index contributed by atoms with van der Waals surface area (Å²) in [4.78, 5) is 60.9. The third kappa shape index (κ3) is 5.90. The molecule has 12 heteroatoms. The van der Waals surface area contributed by atoms with E-state index in [4.69, 9.17) is 4.74 Å². The van der Waals surface area contributed by atoms with Gasteiger partial charge in [0, 0.05) is 29.6 Å². The van der Waals surface area contributed by atoms with Crippen molar-refractivity contribution in [3.05, 3.63) is 79.8 Å². The second kappa shape index (κ2) is 11.7. The van der Waals surface area contributed by atoms with E-state index in [1.165, 1.54) is 4.68 Å². The number of rotatable bonds is 9. The first-order chi connectivity index (χ1) is 17.3. The van der Waals surface area contributed by atoms with Gasteiger partial charge in [0.25, 0.3) is 23.1 Å². The molecule has 0 aliphatic carbocycles. The Morgan fingerprint density at radius 3 is 2.33 bits per heavy atom. The maximum Gasteiger partial charge on any atom is 0.338 e. The molecular formula is C24H25N5O7. The van der Waals surface area contributed by atoms with E-state index in [1.54, 1.807) is 31.2 Å². The monoisotopic (exact) mass is 495 g/mol. The Hall–Kier alpha value is -4.61. The second-order valence-corrected chi connectivity index (χ2v) is 7.78. The standard InChI is InChI=1S/C24H25N5O7/c1-3-5-8-11-28-23(32)19-10-7-6-9-18(19)20(27-28)22(31)26-25-21(30)15-12-16(24(33)36-4-2)14-17(13-15)29(34)35/h6-7,9-10,12-14H,3-5,8,11H2,1-2H3,(H,25,30)(H,26,31). The van der Waals surface area contributed by atoms with E-state index >= 15 is 0 Å². The zero-order chi connectivity index (χ0) is 26.2. The van der Waals surface area contributed by atoms with E-state index in [9.17, 15) is 29.3 Å². The van der Waals surface area contributed by atoms with E-state index in [-0.39, 0.29) is 29.0 Å². The minimum absolute atomic E-state index is 0.0423. The minimum Gasteiger partial charge on any atom is -0.462 e. The van der Waals surface area contributed by atoms with E-state index in [0.717, 1.165) is 31.0 Å². The summed E-state index contributed by atoms with van der Waals surface area (Å²) in [6.45, 7) is 3.97. The zero-order valence-corrected chi connectivity index (χ0v) is 19.8. The molecule has 2 aromatic carbocycles. The largest absolute Gasteiger partial charge is 0.462 e. The van der Waals surface area contributed by atoms with Crippen molar-refractivity contribution in [2.45, 2.75) is 39.7 Å². The maximum atomic E-state index is 12.9. The summed E-state index contributed by atoms with van der Waals surface area (Å²) in [6, 6.07) is 9.56. The number of ether oxygens (including phenoxy) is 1. The first-order valence-electron chi connectivity index (χ1n) is 11.3. The lowest BCUT2D eigenvalue weighted by Gasteiger charge is -2.12. The number of nitrogens with zero attached hydrogens (tertiary/aromatic N) is 3. The minimum atomic E-state index is -0.904. The second-order valence-electron chi connectivity index (χ2n) is 7.78. The number of hydrogen-bond acceptors (Lipinski definition) is 8. The number of hydrazine groups is 1. The Labute approximate surface area is 205 Å². The molecule has 0 radical (unpaired) electrons. The molecule has 1 heterocycles. The summed E-state index contributed by atoms with van der Waals surface area (Å²) in [6.07, 6.45) is 2.53. The number of non-ortho nitro benzene ring substituents is 1. The number of carbonyl (C=O) groups excluding carboxylic acids is 3. The fourth-order valence-corrected chi connectivity index (χ4v) is 3.49. The third-order valence-electron chi connectivity index (χ3n) is 5.25. The van der Waals surface area contributed by atoms with Gasteiger partial charge >= 0.3 is 5.97 Å². The lowest BCUT2D eigenvalue weighted by Crippen LogP contribution is -2.43. The molecule has 0 atom stereocenters. The fourth-order valence-electron chi connectivity index (χ4n) is 3.49. The zero-order valence-electron chi connectivity index (χ0n) is 19.8. The maximum absolute atomic E-state index is 12.9. The molecule has 188 valence electrons. The van der Waals surface area contributed by atoms with Gasteiger partial charge in [-0.25, -0.2) is 9.48 Å². The highest BCUT2D eigenvalue weighted by Crippen LogP contribution is 2.18. The molecule has 0 unspecified atom stereocenters. The normalized spacial score (nSPS) is 10.6. The van der Waals surface area contributed by atoms with Crippen molar-refractivity contribution in [1.29, 1.82) is 0 Å². The average Bonchev–Trinajstić information content (AvgIpc) is 2.88. The van der Waals surface area contributed by atoms with Crippen LogP contribution in [0.1, 0.15) is 64.3 Å². The number of aryl methyl sites for hydroxylation is 1. The van der Waals surface area contributed by atoms with E-state index in [1.807, 2.05) is 6.92 Å². The van der Waals surface area contributed by atoms with Crippen LogP contribution in [-0.4, -0.2) is 39.1 Å². The average molecular weight is 495 g/mol. The van der Waals surface area contributed by atoms with E-state index < -0.39 is 28.4 Å². The van der Waals surface area contributed by atoms with Crippen LogP contribution in [0.5, 0.6) is 0 Å². The molecule has 0 fully saturated rings. The first kappa shape index (κ1) is 26.0. The van der Waals surface area contributed by atoms with Crippen LogP contribution in [0.15, 0.2) is 47.3 Å². The Bertz CT molecular complexity index is 1380. The molecule has 12 nitrogen and oxygen atoms in total. The molecule has 0 bridgehead atoms. The molecule has 36 heavy (non-hydrogen) atoms. The first-order valence-corrected chi connectivity index (χ1v) is 11.3. The number of nitro groups is 1. The van der Waals surface area contributed by atoms with Crippen molar-refractivity contribution in [3.63, 3.8) is 0 Å². The van der Waals surface area contributed by atoms with E-state index in [2.05, 4.69) is 16.0 Å². The van der Waals surface area contributed by atoms with Crippen molar-refractivity contribution in [2.24, 2.45) is 0 Å². The fraction of sp³-hybridized carbons (Fsp3) is 0.292. The number of nitro benzene ring substituents is 1. The summed E-state index contributed by atoms with van der Waals surface area (Å²) in [5, 5.41) is 16.1. The molecule has 1 aromatic heterocycles. The summed E-state index contributed by atoms with van der Waals surface area (Å²) in [5.74, 6) is -2.53. The molecule has 0 saturated carbocycles. The van der Waals surface area contributed by atoms with Gasteiger partial charge in [0.1, 0.15) is 0 Å². The molecular weight excluding hydrogens is 470 g/mol. The number of aromatic nitrogens is 2. The number of fused-ring (bicyclic) bond motifs is 1. The van der Waals surface area contributed by atoms with E-state index in [0.29, 0.717) is 23.7 Å². The van der Waals surface area contributed by atoms with Gasteiger partial charge in [-0.15, -0.1) is 0 Å². The van der Waals surface area contributed by atoms with Gasteiger partial charge in [-0.05, 0) is 25.5 Å². The SMILES string of the molecule is CCCCCn1nc(C(=O)NNC(=O)c2cc(C(=O)OCC)cc([N+](=O)[O-])c2)c2ccccc2c1=O. The highest BCUT2D eigenvalue weighted by atomic mass is 16.6. The predicted molar refractivity (Wildman–Crippen MR) is 130 cm³/mol. The number of benzene rings is 2. The number of amides is 2. The van der Waals surface area contributed by atoms with Gasteiger partial charge in [-0.1, -0.05) is 38.0 Å². The topological polar surface area (TPSA) is 163 Å². The number of nitrogens with one attached hydrogen (secondary N) is 2. The van der Waals surface area contributed by atoms with Crippen LogP contribution in [0.2, 0.25) is 0 Å². The van der Waals surface area contributed by atoms with Crippen molar-refractivity contribution in [1.82, 2.24) is 20.6 Å². The predicted octanol–water partition coefficient (Wildman–Crippen LogP) is 2.75. The van der Waals surface area contributed by atoms with Crippen LogP contribution in [0.4, 0.5) is 5.69 Å². The highest BCUT2D eigenvalue weighted by molar-refractivity contribution is 6.06. The lowest BCUT2D eigenvalue weighted by molar-refractivity contribution is -0.384. The van der Waals surface area contributed by atoms with Gasteiger partial charge in [0.05, 0.1) is 22.5 Å². The Morgan fingerprint density at radius 1 is 1.00 bits per heavy atom. The molecule has 0 aliphatic heterocycles. The molecule has 2 amide bonds. The van der Waals surface area contributed by atoms with Crippen molar-refractivity contribution < 1.29 is 24.0 Å². The van der Waals surface area contributed by atoms with Crippen LogP contribution in [0, 0.1) is 10.1 Å². The molecule has 0 saturated heterocycles. The quantitative estimate of drug-likeness (QED) is 0.198. The summed E-state index contributed by atoms with van der Waals surface area (Å²) in [7, 11) is 0. The number of carbonyl (C=O) groups is 3. The van der Waals surface area contributed by atoms with Crippen LogP contribution < -0.4 is 16.4 Å². The molecule has 0 aliphatic rings. The Kier molecular flexibility index (Phi) is 8.44. The van der Waals surface area contributed by atoms with Crippen LogP contribution in [0.25, 0.3) is 10.8 Å². The van der Waals surface area contributed by atoms with Gasteiger partial charge in [-0.2, -0.15) is 5.10 Å². The molecule has 0 spiro atoms. The van der Waals surface area contributed by atoms with Crippen molar-refractivity contribution >= 4 is 34.2 Å².